The fraction of sp³-hybridized carbons (Fsp3) is 0.556. The average Bonchev–Trinajstić information content (AvgIpc) is 2.88. The number of rotatable bonds is 2. The van der Waals surface area contributed by atoms with E-state index in [0.29, 0.717) is 20.7 Å². The van der Waals surface area contributed by atoms with Crippen LogP contribution in [0.25, 0.3) is 10.2 Å². The van der Waals surface area contributed by atoms with Crippen LogP contribution in [0.5, 0.6) is 0 Å². The number of halogens is 2. The fourth-order valence-electron chi connectivity index (χ4n) is 5.63. The zero-order valence-corrected chi connectivity index (χ0v) is 15.5. The van der Waals surface area contributed by atoms with Gasteiger partial charge in [-0.25, -0.2) is 4.98 Å². The number of carbonyl (C=O) groups excluding carboxylic acids is 1. The predicted octanol–water partition coefficient (Wildman–Crippen LogP) is 5.76. The molecular formula is C18H18Cl2N2OS. The molecule has 6 rings (SSSR count). The molecule has 1 aromatic carbocycles. The Bertz CT molecular complexity index is 812. The van der Waals surface area contributed by atoms with Gasteiger partial charge < -0.3 is 5.32 Å². The molecule has 0 radical (unpaired) electrons. The molecule has 24 heavy (non-hydrogen) atoms. The van der Waals surface area contributed by atoms with Gasteiger partial charge in [0.05, 0.1) is 15.1 Å². The van der Waals surface area contributed by atoms with E-state index in [9.17, 15) is 4.79 Å². The molecule has 126 valence electrons. The standard InChI is InChI=1S/C18H18Cl2N2OS/c19-12-4-13(20)15-14(5-12)24-17(21-15)22-16(23)18-6-9-1-10(7-18)3-11(2-9)8-18/h4-5,9-11H,1-3,6-8H2,(H,21,22,23). The third kappa shape index (κ3) is 2.38. The topological polar surface area (TPSA) is 42.0 Å². The van der Waals surface area contributed by atoms with Crippen LogP contribution in [0, 0.1) is 23.2 Å². The summed E-state index contributed by atoms with van der Waals surface area (Å²) < 4.78 is 0.910. The first kappa shape index (κ1) is 15.4. The van der Waals surface area contributed by atoms with Crippen LogP contribution in [-0.2, 0) is 4.79 Å². The van der Waals surface area contributed by atoms with Gasteiger partial charge in [-0.15, -0.1) is 0 Å². The van der Waals surface area contributed by atoms with Crippen LogP contribution in [0.15, 0.2) is 12.1 Å². The van der Waals surface area contributed by atoms with Crippen LogP contribution >= 0.6 is 34.5 Å². The Kier molecular flexibility index (Phi) is 3.42. The van der Waals surface area contributed by atoms with Crippen LogP contribution in [0.4, 0.5) is 5.13 Å². The van der Waals surface area contributed by atoms with Gasteiger partial charge in [-0.2, -0.15) is 0 Å². The normalized spacial score (nSPS) is 34.0. The summed E-state index contributed by atoms with van der Waals surface area (Å²) in [5.74, 6) is 2.43. The lowest BCUT2D eigenvalue weighted by atomic mass is 9.49. The Hall–Kier alpha value is -0.840. The molecule has 1 N–H and O–H groups in total. The molecule has 4 bridgehead atoms. The van der Waals surface area contributed by atoms with Crippen molar-refractivity contribution in [3.8, 4) is 0 Å². The van der Waals surface area contributed by atoms with Crippen LogP contribution in [0.2, 0.25) is 10.0 Å². The minimum absolute atomic E-state index is 0.159. The first-order valence-corrected chi connectivity index (χ1v) is 10.1. The lowest BCUT2D eigenvalue weighted by molar-refractivity contribution is -0.140. The average molecular weight is 381 g/mol. The first-order valence-electron chi connectivity index (χ1n) is 8.58. The highest BCUT2D eigenvalue weighted by Gasteiger charge is 2.54. The molecule has 4 fully saturated rings. The van der Waals surface area contributed by atoms with Gasteiger partial charge in [0.15, 0.2) is 5.13 Å². The van der Waals surface area contributed by atoms with Gasteiger partial charge in [-0.05, 0) is 68.4 Å². The molecule has 4 saturated carbocycles. The molecule has 2 aromatic rings. The van der Waals surface area contributed by atoms with Crippen LogP contribution in [0.3, 0.4) is 0 Å². The number of nitrogens with one attached hydrogen (secondary N) is 1. The van der Waals surface area contributed by atoms with Crippen LogP contribution in [-0.4, -0.2) is 10.9 Å². The van der Waals surface area contributed by atoms with Gasteiger partial charge in [-0.3, -0.25) is 4.79 Å². The van der Waals surface area contributed by atoms with E-state index in [-0.39, 0.29) is 11.3 Å². The van der Waals surface area contributed by atoms with E-state index in [0.717, 1.165) is 41.7 Å². The molecular weight excluding hydrogens is 363 g/mol. The van der Waals surface area contributed by atoms with Gasteiger partial charge in [0, 0.05) is 5.02 Å². The second kappa shape index (κ2) is 5.33. The minimum atomic E-state index is -0.159. The number of nitrogens with zero attached hydrogens (tertiary/aromatic N) is 1. The van der Waals surface area contributed by atoms with Crippen molar-refractivity contribution in [3.05, 3.63) is 22.2 Å². The summed E-state index contributed by atoms with van der Waals surface area (Å²) >= 11 is 13.7. The van der Waals surface area contributed by atoms with Crippen molar-refractivity contribution in [3.63, 3.8) is 0 Å². The molecule has 6 heteroatoms. The molecule has 1 amide bonds. The van der Waals surface area contributed by atoms with Gasteiger partial charge in [0.25, 0.3) is 0 Å². The zero-order valence-electron chi connectivity index (χ0n) is 13.1. The number of carbonyl (C=O) groups is 1. The van der Waals surface area contributed by atoms with Crippen LogP contribution < -0.4 is 5.32 Å². The smallest absolute Gasteiger partial charge is 0.232 e. The summed E-state index contributed by atoms with van der Waals surface area (Å²) in [6.45, 7) is 0. The van der Waals surface area contributed by atoms with Crippen molar-refractivity contribution in [2.24, 2.45) is 23.2 Å². The molecule has 0 unspecified atom stereocenters. The molecule has 0 spiro atoms. The molecule has 4 aliphatic carbocycles. The minimum Gasteiger partial charge on any atom is -0.301 e. The van der Waals surface area contributed by atoms with Crippen molar-refractivity contribution >= 4 is 55.8 Å². The van der Waals surface area contributed by atoms with Crippen molar-refractivity contribution in [2.75, 3.05) is 5.32 Å². The maximum Gasteiger partial charge on any atom is 0.232 e. The summed E-state index contributed by atoms with van der Waals surface area (Å²) in [5.41, 5.74) is 0.556. The second-order valence-corrected chi connectivity index (χ2v) is 9.78. The number of fused-ring (bicyclic) bond motifs is 1. The second-order valence-electron chi connectivity index (χ2n) is 7.91. The van der Waals surface area contributed by atoms with Crippen LogP contribution in [0.1, 0.15) is 38.5 Å². The number of amides is 1. The highest BCUT2D eigenvalue weighted by molar-refractivity contribution is 7.22. The van der Waals surface area contributed by atoms with E-state index < -0.39 is 0 Å². The summed E-state index contributed by atoms with van der Waals surface area (Å²) in [6.07, 6.45) is 7.18. The van der Waals surface area contributed by atoms with Crippen molar-refractivity contribution in [1.29, 1.82) is 0 Å². The largest absolute Gasteiger partial charge is 0.301 e. The predicted molar refractivity (Wildman–Crippen MR) is 98.9 cm³/mol. The Morgan fingerprint density at radius 1 is 1.12 bits per heavy atom. The Morgan fingerprint density at radius 2 is 1.75 bits per heavy atom. The van der Waals surface area contributed by atoms with Gasteiger partial charge in [0.1, 0.15) is 5.52 Å². The summed E-state index contributed by atoms with van der Waals surface area (Å²) in [5, 5.41) is 4.86. The quantitative estimate of drug-likeness (QED) is 0.719. The summed E-state index contributed by atoms with van der Waals surface area (Å²) in [4.78, 5) is 17.6. The fourth-order valence-corrected chi connectivity index (χ4v) is 7.21. The number of anilines is 1. The van der Waals surface area contributed by atoms with E-state index >= 15 is 0 Å². The monoisotopic (exact) mass is 380 g/mol. The highest BCUT2D eigenvalue weighted by atomic mass is 35.5. The van der Waals surface area contributed by atoms with E-state index in [4.69, 9.17) is 23.2 Å². The molecule has 0 aliphatic heterocycles. The third-order valence-electron chi connectivity index (χ3n) is 6.15. The van der Waals surface area contributed by atoms with Gasteiger partial charge in [0.2, 0.25) is 5.91 Å². The molecule has 3 nitrogen and oxygen atoms in total. The van der Waals surface area contributed by atoms with Gasteiger partial charge >= 0.3 is 0 Å². The number of aromatic nitrogens is 1. The van der Waals surface area contributed by atoms with Gasteiger partial charge in [-0.1, -0.05) is 34.5 Å². The summed E-state index contributed by atoms with van der Waals surface area (Å²) in [7, 11) is 0. The van der Waals surface area contributed by atoms with Crippen molar-refractivity contribution in [2.45, 2.75) is 38.5 Å². The molecule has 1 aromatic heterocycles. The number of hydrogen-bond donors (Lipinski definition) is 1. The molecule has 0 atom stereocenters. The van der Waals surface area contributed by atoms with E-state index in [1.165, 1.54) is 30.6 Å². The highest BCUT2D eigenvalue weighted by Crippen LogP contribution is 2.60. The molecule has 4 aliphatic rings. The Balaban J connectivity index is 1.44. The van der Waals surface area contributed by atoms with E-state index in [2.05, 4.69) is 10.3 Å². The number of thiazole rings is 1. The lowest BCUT2D eigenvalue weighted by Crippen LogP contribution is -2.51. The number of hydrogen-bond acceptors (Lipinski definition) is 3. The van der Waals surface area contributed by atoms with Crippen molar-refractivity contribution in [1.82, 2.24) is 4.98 Å². The molecule has 0 saturated heterocycles. The maximum absolute atomic E-state index is 13.1. The first-order chi connectivity index (χ1) is 11.5. The van der Waals surface area contributed by atoms with E-state index in [1.54, 1.807) is 6.07 Å². The lowest BCUT2D eigenvalue weighted by Gasteiger charge is -2.55. The SMILES string of the molecule is O=C(Nc1nc2c(Cl)cc(Cl)cc2s1)C12CC3CC(CC(C3)C1)C2. The third-order valence-corrected chi connectivity index (χ3v) is 7.58. The Labute approximate surface area is 154 Å². The summed E-state index contributed by atoms with van der Waals surface area (Å²) in [6, 6.07) is 3.54. The van der Waals surface area contributed by atoms with E-state index in [1.807, 2.05) is 6.07 Å². The zero-order chi connectivity index (χ0) is 16.5. The maximum atomic E-state index is 13.1. The Morgan fingerprint density at radius 3 is 2.38 bits per heavy atom. The number of benzene rings is 1. The molecule has 1 heterocycles. The van der Waals surface area contributed by atoms with Crippen molar-refractivity contribution < 1.29 is 4.79 Å².